The van der Waals surface area contributed by atoms with Gasteiger partial charge in [0.1, 0.15) is 5.82 Å². The second-order valence-corrected chi connectivity index (χ2v) is 10.8. The van der Waals surface area contributed by atoms with Gasteiger partial charge in [0.05, 0.1) is 33.9 Å². The van der Waals surface area contributed by atoms with E-state index in [9.17, 15) is 4.79 Å². The minimum absolute atomic E-state index is 0.214. The molecule has 0 saturated carbocycles. The minimum atomic E-state index is -0.376. The highest BCUT2D eigenvalue weighted by Gasteiger charge is 2.21. The number of aryl methyl sites for hydroxylation is 1. The molecule has 0 bridgehead atoms. The Morgan fingerprint density at radius 2 is 1.68 bits per heavy atom. The summed E-state index contributed by atoms with van der Waals surface area (Å²) in [5.74, 6) is 0.691. The fourth-order valence-corrected chi connectivity index (χ4v) is 6.30. The van der Waals surface area contributed by atoms with Gasteiger partial charge in [-0.05, 0) is 47.9 Å². The van der Waals surface area contributed by atoms with Crippen molar-refractivity contribution in [3.8, 4) is 11.4 Å². The third-order valence-electron chi connectivity index (χ3n) is 7.27. The summed E-state index contributed by atoms with van der Waals surface area (Å²) in [7, 11) is 1.40. The Morgan fingerprint density at radius 3 is 2.37 bits per heavy atom. The number of rotatable bonds is 10. The molecule has 1 N–H and O–H groups in total. The number of benzene rings is 4. The normalized spacial score (nSPS) is 11.3. The van der Waals surface area contributed by atoms with Crippen LogP contribution in [-0.2, 0) is 11.3 Å². The number of hydrogen-bond donors (Lipinski definition) is 1. The molecule has 0 aliphatic carbocycles. The van der Waals surface area contributed by atoms with Crippen molar-refractivity contribution >= 4 is 43.7 Å². The zero-order valence-electron chi connectivity index (χ0n) is 22.8. The number of thiazole rings is 1. The number of carbonyl (C=O) groups is 1. The summed E-state index contributed by atoms with van der Waals surface area (Å²) in [5.41, 5.74) is 6.69. The third-order valence-corrected chi connectivity index (χ3v) is 8.33. The van der Waals surface area contributed by atoms with Gasteiger partial charge < -0.3 is 14.6 Å². The number of aromatic nitrogens is 3. The third kappa shape index (κ3) is 5.36. The lowest BCUT2D eigenvalue weighted by molar-refractivity contribution is 0.0601. The molecule has 4 aromatic carbocycles. The van der Waals surface area contributed by atoms with E-state index in [0.717, 1.165) is 50.7 Å². The number of hydrogen-bond acceptors (Lipinski definition) is 6. The van der Waals surface area contributed by atoms with E-state index in [1.165, 1.54) is 18.2 Å². The van der Waals surface area contributed by atoms with E-state index in [0.29, 0.717) is 12.1 Å². The lowest BCUT2D eigenvalue weighted by Crippen LogP contribution is -2.08. The molecule has 0 unspecified atom stereocenters. The van der Waals surface area contributed by atoms with Gasteiger partial charge >= 0.3 is 5.97 Å². The molecule has 6 nitrogen and oxygen atoms in total. The number of fused-ring (bicyclic) bond motifs is 2. The summed E-state index contributed by atoms with van der Waals surface area (Å²) in [6, 6.07) is 33.0. The number of ether oxygens (including phenoxy) is 1. The van der Waals surface area contributed by atoms with E-state index >= 15 is 0 Å². The lowest BCUT2D eigenvalue weighted by atomic mass is 9.88. The Balaban J connectivity index is 1.47. The first-order valence-corrected chi connectivity index (χ1v) is 14.4. The van der Waals surface area contributed by atoms with Crippen LogP contribution in [0.4, 0.5) is 5.13 Å². The molecule has 6 aromatic rings. The van der Waals surface area contributed by atoms with Gasteiger partial charge in [0.2, 0.25) is 0 Å². The summed E-state index contributed by atoms with van der Waals surface area (Å²) < 4.78 is 8.32. The molecule has 204 valence electrons. The van der Waals surface area contributed by atoms with E-state index in [-0.39, 0.29) is 11.9 Å². The number of nitrogens with zero attached hydrogens (tertiary/aromatic N) is 3. The molecule has 0 amide bonds. The summed E-state index contributed by atoms with van der Waals surface area (Å²) in [4.78, 5) is 22.2. The van der Waals surface area contributed by atoms with Crippen molar-refractivity contribution in [2.45, 2.75) is 18.9 Å². The van der Waals surface area contributed by atoms with Crippen LogP contribution in [0.2, 0.25) is 0 Å². The average Bonchev–Trinajstić information content (AvgIpc) is 3.61. The first-order chi connectivity index (χ1) is 20.2. The van der Waals surface area contributed by atoms with Gasteiger partial charge in [-0.3, -0.25) is 0 Å². The van der Waals surface area contributed by atoms with Crippen molar-refractivity contribution in [1.29, 1.82) is 0 Å². The molecular formula is C34H30N4O2S. The number of carbonyl (C=O) groups excluding carboxylic acids is 1. The molecule has 0 radical (unpaired) electrons. The van der Waals surface area contributed by atoms with E-state index in [1.807, 2.05) is 36.4 Å². The maximum Gasteiger partial charge on any atom is 0.337 e. The van der Waals surface area contributed by atoms with Gasteiger partial charge in [-0.15, -0.1) is 6.58 Å². The number of imidazole rings is 1. The van der Waals surface area contributed by atoms with Crippen molar-refractivity contribution in [2.24, 2.45) is 0 Å². The average molecular weight is 559 g/mol. The van der Waals surface area contributed by atoms with Crippen molar-refractivity contribution in [2.75, 3.05) is 19.0 Å². The zero-order valence-corrected chi connectivity index (χ0v) is 23.6. The molecule has 6 rings (SSSR count). The van der Waals surface area contributed by atoms with Gasteiger partial charge in [-0.1, -0.05) is 84.1 Å². The number of nitrogens with one attached hydrogen (secondary N) is 1. The topological polar surface area (TPSA) is 69.0 Å². The van der Waals surface area contributed by atoms with E-state index < -0.39 is 0 Å². The maximum atomic E-state index is 12.3. The van der Waals surface area contributed by atoms with Crippen LogP contribution in [0.15, 0.2) is 110 Å². The van der Waals surface area contributed by atoms with E-state index in [1.54, 1.807) is 11.3 Å². The van der Waals surface area contributed by atoms with E-state index in [2.05, 4.69) is 83.2 Å². The molecule has 0 saturated heterocycles. The van der Waals surface area contributed by atoms with Crippen LogP contribution < -0.4 is 5.32 Å². The Morgan fingerprint density at radius 1 is 0.951 bits per heavy atom. The highest BCUT2D eigenvalue weighted by atomic mass is 32.1. The van der Waals surface area contributed by atoms with E-state index in [4.69, 9.17) is 14.7 Å². The monoisotopic (exact) mass is 558 g/mol. The van der Waals surface area contributed by atoms with Crippen LogP contribution in [0.3, 0.4) is 0 Å². The predicted molar refractivity (Wildman–Crippen MR) is 168 cm³/mol. The molecule has 0 aliphatic rings. The molecule has 2 aromatic heterocycles. The van der Waals surface area contributed by atoms with Crippen molar-refractivity contribution in [3.63, 3.8) is 0 Å². The van der Waals surface area contributed by atoms with Crippen LogP contribution in [0.5, 0.6) is 0 Å². The quantitative estimate of drug-likeness (QED) is 0.137. The summed E-state index contributed by atoms with van der Waals surface area (Å²) in [6.07, 6.45) is 2.69. The van der Waals surface area contributed by atoms with Gasteiger partial charge in [-0.2, -0.15) is 0 Å². The first kappa shape index (κ1) is 26.5. The van der Waals surface area contributed by atoms with Crippen LogP contribution in [-0.4, -0.2) is 34.2 Å². The Kier molecular flexibility index (Phi) is 7.60. The molecule has 7 heteroatoms. The van der Waals surface area contributed by atoms with Crippen molar-refractivity contribution < 1.29 is 9.53 Å². The predicted octanol–water partition coefficient (Wildman–Crippen LogP) is 7.92. The van der Waals surface area contributed by atoms with Crippen molar-refractivity contribution in [3.05, 3.63) is 126 Å². The second-order valence-electron chi connectivity index (χ2n) is 9.79. The van der Waals surface area contributed by atoms with Crippen molar-refractivity contribution in [1.82, 2.24) is 14.5 Å². The fourth-order valence-electron chi connectivity index (χ4n) is 5.32. The van der Waals surface area contributed by atoms with Crippen LogP contribution in [0.1, 0.15) is 33.8 Å². The Hall–Kier alpha value is -4.75. The van der Waals surface area contributed by atoms with Gasteiger partial charge in [0.15, 0.2) is 5.13 Å². The number of anilines is 1. The smallest absolute Gasteiger partial charge is 0.337 e. The maximum absolute atomic E-state index is 12.3. The molecule has 2 heterocycles. The molecule has 0 fully saturated rings. The molecule has 0 atom stereocenters. The molecular weight excluding hydrogens is 528 g/mol. The second kappa shape index (κ2) is 11.8. The Labute approximate surface area is 243 Å². The SMILES string of the molecule is C=CCNc1nc2cccc(-c3nc4cc(C(=O)OC)ccc4n3CCC(c3ccccc3)c3ccccc3)c2s1. The molecule has 41 heavy (non-hydrogen) atoms. The fraction of sp³-hybridized carbons (Fsp3) is 0.147. The largest absolute Gasteiger partial charge is 0.465 e. The number of methoxy groups -OCH3 is 1. The standard InChI is InChI=1S/C34H30N4O2S/c1-3-20-35-34-37-28-16-10-15-27(31(28)41-34)32-36-29-22-25(33(39)40-2)17-18-30(29)38(32)21-19-26(23-11-6-4-7-12-23)24-13-8-5-9-14-24/h3-18,22,26H,1,19-21H2,2H3,(H,35,37). The zero-order chi connectivity index (χ0) is 28.2. The minimum Gasteiger partial charge on any atom is -0.465 e. The summed E-state index contributed by atoms with van der Waals surface area (Å²) >= 11 is 1.61. The van der Waals surface area contributed by atoms with Gasteiger partial charge in [0, 0.05) is 24.6 Å². The van der Waals surface area contributed by atoms with Crippen LogP contribution in [0, 0.1) is 0 Å². The first-order valence-electron chi connectivity index (χ1n) is 13.6. The highest BCUT2D eigenvalue weighted by molar-refractivity contribution is 7.22. The van der Waals surface area contributed by atoms with Gasteiger partial charge in [0.25, 0.3) is 0 Å². The lowest BCUT2D eigenvalue weighted by Gasteiger charge is -2.20. The molecule has 0 spiro atoms. The highest BCUT2D eigenvalue weighted by Crippen LogP contribution is 2.37. The van der Waals surface area contributed by atoms with Crippen LogP contribution in [0.25, 0.3) is 32.6 Å². The van der Waals surface area contributed by atoms with Crippen LogP contribution >= 0.6 is 11.3 Å². The molecule has 0 aliphatic heterocycles. The summed E-state index contributed by atoms with van der Waals surface area (Å²) in [5, 5.41) is 4.16. The van der Waals surface area contributed by atoms with Gasteiger partial charge in [-0.25, -0.2) is 14.8 Å². The Bertz CT molecular complexity index is 1790. The number of esters is 1. The summed E-state index contributed by atoms with van der Waals surface area (Å²) in [6.45, 7) is 5.18.